The Morgan fingerprint density at radius 1 is 1.54 bits per heavy atom. The van der Waals surface area contributed by atoms with Gasteiger partial charge in [-0.2, -0.15) is 0 Å². The summed E-state index contributed by atoms with van der Waals surface area (Å²) < 4.78 is 0. The Labute approximate surface area is 79.0 Å². The largest absolute Gasteiger partial charge is 0.293 e. The fourth-order valence-electron chi connectivity index (χ4n) is 1.32. The van der Waals surface area contributed by atoms with Gasteiger partial charge in [-0.3, -0.25) is 9.78 Å². The SMILES string of the molecule is CCCCc1cccnc1C(C)=O. The van der Waals surface area contributed by atoms with Crippen LogP contribution in [0.3, 0.4) is 0 Å². The molecule has 0 amide bonds. The number of carbonyl (C=O) groups excluding carboxylic acids is 1. The lowest BCUT2D eigenvalue weighted by Crippen LogP contribution is -2.02. The highest BCUT2D eigenvalue weighted by atomic mass is 16.1. The summed E-state index contributed by atoms with van der Waals surface area (Å²) in [4.78, 5) is 15.2. The molecule has 0 radical (unpaired) electrons. The maximum atomic E-state index is 11.2. The molecule has 1 heterocycles. The van der Waals surface area contributed by atoms with Gasteiger partial charge in [-0.05, 0) is 24.5 Å². The number of hydrogen-bond donors (Lipinski definition) is 0. The van der Waals surface area contributed by atoms with Gasteiger partial charge < -0.3 is 0 Å². The van der Waals surface area contributed by atoms with Gasteiger partial charge in [-0.1, -0.05) is 19.4 Å². The van der Waals surface area contributed by atoms with Gasteiger partial charge in [-0.15, -0.1) is 0 Å². The van der Waals surface area contributed by atoms with Crippen molar-refractivity contribution >= 4 is 5.78 Å². The van der Waals surface area contributed by atoms with Crippen LogP contribution in [0.4, 0.5) is 0 Å². The fourth-order valence-corrected chi connectivity index (χ4v) is 1.32. The van der Waals surface area contributed by atoms with Crippen LogP contribution < -0.4 is 0 Å². The standard InChI is InChI=1S/C11H15NO/c1-3-4-6-10-7-5-8-12-11(10)9(2)13/h5,7-8H,3-4,6H2,1-2H3. The molecule has 1 aromatic rings. The summed E-state index contributed by atoms with van der Waals surface area (Å²) in [6, 6.07) is 3.87. The molecule has 2 nitrogen and oxygen atoms in total. The summed E-state index contributed by atoms with van der Waals surface area (Å²) in [5.41, 5.74) is 1.72. The Hall–Kier alpha value is -1.18. The zero-order valence-corrected chi connectivity index (χ0v) is 8.21. The van der Waals surface area contributed by atoms with Crippen molar-refractivity contribution in [2.24, 2.45) is 0 Å². The van der Waals surface area contributed by atoms with Crippen LogP contribution in [-0.2, 0) is 6.42 Å². The van der Waals surface area contributed by atoms with Gasteiger partial charge in [-0.25, -0.2) is 0 Å². The molecule has 0 aromatic carbocycles. The summed E-state index contributed by atoms with van der Waals surface area (Å²) in [6.07, 6.45) is 4.89. The maximum Gasteiger partial charge on any atom is 0.178 e. The zero-order chi connectivity index (χ0) is 9.68. The van der Waals surface area contributed by atoms with Crippen molar-refractivity contribution < 1.29 is 4.79 Å². The Bertz CT molecular complexity index is 294. The average molecular weight is 177 g/mol. The fraction of sp³-hybridized carbons (Fsp3) is 0.455. The van der Waals surface area contributed by atoms with E-state index in [1.54, 1.807) is 13.1 Å². The van der Waals surface area contributed by atoms with Crippen molar-refractivity contribution in [1.29, 1.82) is 0 Å². The lowest BCUT2D eigenvalue weighted by Gasteiger charge is -2.03. The molecule has 0 saturated heterocycles. The first-order valence-corrected chi connectivity index (χ1v) is 4.70. The molecule has 1 rings (SSSR count). The summed E-state index contributed by atoms with van der Waals surface area (Å²) >= 11 is 0. The number of unbranched alkanes of at least 4 members (excludes halogenated alkanes) is 1. The highest BCUT2D eigenvalue weighted by molar-refractivity contribution is 5.93. The van der Waals surface area contributed by atoms with Gasteiger partial charge in [0.25, 0.3) is 0 Å². The van der Waals surface area contributed by atoms with Crippen LogP contribution in [-0.4, -0.2) is 10.8 Å². The number of nitrogens with zero attached hydrogens (tertiary/aromatic N) is 1. The van der Waals surface area contributed by atoms with E-state index < -0.39 is 0 Å². The first-order chi connectivity index (χ1) is 6.25. The lowest BCUT2D eigenvalue weighted by atomic mass is 10.1. The highest BCUT2D eigenvalue weighted by Crippen LogP contribution is 2.09. The second kappa shape index (κ2) is 4.75. The van der Waals surface area contributed by atoms with E-state index in [1.165, 1.54) is 0 Å². The minimum Gasteiger partial charge on any atom is -0.293 e. The van der Waals surface area contributed by atoms with E-state index in [9.17, 15) is 4.79 Å². The Balaban J connectivity index is 2.84. The third kappa shape index (κ3) is 2.65. The number of Topliss-reactive ketones (excluding diaryl/α,β-unsaturated/α-hetero) is 1. The quantitative estimate of drug-likeness (QED) is 0.662. The van der Waals surface area contributed by atoms with Gasteiger partial charge >= 0.3 is 0 Å². The zero-order valence-electron chi connectivity index (χ0n) is 8.21. The molecule has 70 valence electrons. The van der Waals surface area contributed by atoms with Crippen LogP contribution in [0, 0.1) is 0 Å². The summed E-state index contributed by atoms with van der Waals surface area (Å²) in [5.74, 6) is 0.0618. The molecular weight excluding hydrogens is 162 g/mol. The molecule has 1 aromatic heterocycles. The Morgan fingerprint density at radius 2 is 2.31 bits per heavy atom. The molecule has 0 aliphatic carbocycles. The van der Waals surface area contributed by atoms with E-state index in [0.717, 1.165) is 24.8 Å². The van der Waals surface area contributed by atoms with Crippen molar-refractivity contribution in [3.8, 4) is 0 Å². The predicted molar refractivity (Wildman–Crippen MR) is 52.9 cm³/mol. The molecule has 0 bridgehead atoms. The van der Waals surface area contributed by atoms with Crippen molar-refractivity contribution in [1.82, 2.24) is 4.98 Å². The number of carbonyl (C=O) groups is 1. The molecule has 2 heteroatoms. The third-order valence-electron chi connectivity index (χ3n) is 2.02. The third-order valence-corrected chi connectivity index (χ3v) is 2.02. The summed E-state index contributed by atoms with van der Waals surface area (Å²) in [6.45, 7) is 3.71. The van der Waals surface area contributed by atoms with Gasteiger partial charge in [0.2, 0.25) is 0 Å². The number of hydrogen-bond acceptors (Lipinski definition) is 2. The van der Waals surface area contributed by atoms with Gasteiger partial charge in [0.15, 0.2) is 5.78 Å². The highest BCUT2D eigenvalue weighted by Gasteiger charge is 2.06. The summed E-state index contributed by atoms with van der Waals surface area (Å²) in [7, 11) is 0. The van der Waals surface area contributed by atoms with Crippen LogP contribution in [0.2, 0.25) is 0 Å². The minimum absolute atomic E-state index is 0.0618. The van der Waals surface area contributed by atoms with Crippen LogP contribution in [0.15, 0.2) is 18.3 Å². The van der Waals surface area contributed by atoms with Crippen LogP contribution >= 0.6 is 0 Å². The van der Waals surface area contributed by atoms with E-state index in [1.807, 2.05) is 12.1 Å². The van der Waals surface area contributed by atoms with Gasteiger partial charge in [0.1, 0.15) is 5.69 Å². The first-order valence-electron chi connectivity index (χ1n) is 4.70. The predicted octanol–water partition coefficient (Wildman–Crippen LogP) is 2.63. The normalized spacial score (nSPS) is 10.0. The monoisotopic (exact) mass is 177 g/mol. The molecule has 0 spiro atoms. The molecule has 0 unspecified atom stereocenters. The van der Waals surface area contributed by atoms with Crippen LogP contribution in [0.25, 0.3) is 0 Å². The van der Waals surface area contributed by atoms with Crippen molar-refractivity contribution in [3.05, 3.63) is 29.6 Å². The van der Waals surface area contributed by atoms with Crippen molar-refractivity contribution in [2.45, 2.75) is 33.1 Å². The van der Waals surface area contributed by atoms with Crippen molar-refractivity contribution in [3.63, 3.8) is 0 Å². The first kappa shape index (κ1) is 9.90. The molecular formula is C11H15NO. The van der Waals surface area contributed by atoms with Crippen molar-refractivity contribution in [2.75, 3.05) is 0 Å². The number of pyridine rings is 1. The van der Waals surface area contributed by atoms with Crippen LogP contribution in [0.1, 0.15) is 42.7 Å². The van der Waals surface area contributed by atoms with E-state index in [0.29, 0.717) is 5.69 Å². The van der Waals surface area contributed by atoms with E-state index >= 15 is 0 Å². The number of aryl methyl sites for hydroxylation is 1. The Morgan fingerprint density at radius 3 is 2.92 bits per heavy atom. The number of aromatic nitrogens is 1. The summed E-state index contributed by atoms with van der Waals surface area (Å²) in [5, 5.41) is 0. The van der Waals surface area contributed by atoms with Gasteiger partial charge in [0.05, 0.1) is 0 Å². The second-order valence-corrected chi connectivity index (χ2v) is 3.17. The van der Waals surface area contributed by atoms with Crippen LogP contribution in [0.5, 0.6) is 0 Å². The van der Waals surface area contributed by atoms with E-state index in [2.05, 4.69) is 11.9 Å². The molecule has 0 fully saturated rings. The lowest BCUT2D eigenvalue weighted by molar-refractivity contribution is 0.101. The molecule has 0 atom stereocenters. The molecule has 0 aliphatic heterocycles. The molecule has 0 saturated carbocycles. The number of ketones is 1. The van der Waals surface area contributed by atoms with E-state index in [4.69, 9.17) is 0 Å². The average Bonchev–Trinajstić information content (AvgIpc) is 2.15. The second-order valence-electron chi connectivity index (χ2n) is 3.17. The minimum atomic E-state index is 0.0618. The molecule has 13 heavy (non-hydrogen) atoms. The maximum absolute atomic E-state index is 11.2. The molecule has 0 N–H and O–H groups in total. The Kier molecular flexibility index (Phi) is 3.62. The smallest absolute Gasteiger partial charge is 0.178 e. The van der Waals surface area contributed by atoms with E-state index in [-0.39, 0.29) is 5.78 Å². The molecule has 0 aliphatic rings. The van der Waals surface area contributed by atoms with Gasteiger partial charge in [0, 0.05) is 13.1 Å². The topological polar surface area (TPSA) is 30.0 Å². The number of rotatable bonds is 4.